The van der Waals surface area contributed by atoms with Crippen LogP contribution in [-0.4, -0.2) is 36.1 Å². The van der Waals surface area contributed by atoms with E-state index in [-0.39, 0.29) is 12.0 Å². The van der Waals surface area contributed by atoms with Crippen LogP contribution in [-0.2, 0) is 9.53 Å². The Morgan fingerprint density at radius 1 is 1.67 bits per heavy atom. The molecule has 70 valence electrons. The lowest BCUT2D eigenvalue weighted by Crippen LogP contribution is -2.55. The fraction of sp³-hybridized carbons (Fsp3) is 0.889. The highest BCUT2D eigenvalue weighted by atomic mass is 16.5. The van der Waals surface area contributed by atoms with Gasteiger partial charge in [-0.05, 0) is 27.2 Å². The molecule has 1 atom stereocenters. The normalized spacial score (nSPS) is 23.8. The third-order valence-corrected chi connectivity index (χ3v) is 2.28. The molecule has 0 aromatic carbocycles. The molecule has 12 heavy (non-hydrogen) atoms. The van der Waals surface area contributed by atoms with Gasteiger partial charge in [0.1, 0.15) is 6.04 Å². The van der Waals surface area contributed by atoms with Crippen LogP contribution >= 0.6 is 0 Å². The average Bonchev–Trinajstić information content (AvgIpc) is 1.82. The van der Waals surface area contributed by atoms with Gasteiger partial charge in [0.05, 0.1) is 6.61 Å². The zero-order valence-corrected chi connectivity index (χ0v) is 8.04. The Morgan fingerprint density at radius 3 is 2.67 bits per heavy atom. The fourth-order valence-corrected chi connectivity index (χ4v) is 1.52. The Balaban J connectivity index is 2.38. The van der Waals surface area contributed by atoms with E-state index in [9.17, 15) is 4.79 Å². The van der Waals surface area contributed by atoms with Crippen molar-refractivity contribution >= 4 is 5.97 Å². The van der Waals surface area contributed by atoms with E-state index in [1.807, 2.05) is 6.92 Å². The van der Waals surface area contributed by atoms with Crippen LogP contribution in [0, 0.1) is 0 Å². The predicted octanol–water partition coefficient (Wildman–Crippen LogP) is 1.03. The molecular weight excluding hydrogens is 154 g/mol. The third kappa shape index (κ3) is 1.78. The second-order valence-electron chi connectivity index (χ2n) is 3.39. The van der Waals surface area contributed by atoms with E-state index in [1.165, 1.54) is 0 Å². The van der Waals surface area contributed by atoms with Crippen molar-refractivity contribution in [3.63, 3.8) is 0 Å². The lowest BCUT2D eigenvalue weighted by Gasteiger charge is -2.41. The minimum atomic E-state index is -0.0579. The molecule has 3 nitrogen and oxygen atoms in total. The maximum Gasteiger partial charge on any atom is 0.323 e. The molecule has 1 aliphatic heterocycles. The number of carbonyl (C=O) groups is 1. The predicted molar refractivity (Wildman–Crippen MR) is 46.9 cm³/mol. The smallest absolute Gasteiger partial charge is 0.323 e. The zero-order chi connectivity index (χ0) is 9.14. The number of carbonyl (C=O) groups excluding carboxylic acids is 1. The van der Waals surface area contributed by atoms with Crippen molar-refractivity contribution in [2.24, 2.45) is 0 Å². The monoisotopic (exact) mass is 171 g/mol. The Hall–Kier alpha value is -0.570. The van der Waals surface area contributed by atoms with Crippen LogP contribution in [0.2, 0.25) is 0 Å². The maximum atomic E-state index is 11.3. The van der Waals surface area contributed by atoms with Gasteiger partial charge in [0.2, 0.25) is 0 Å². The molecule has 0 radical (unpaired) electrons. The molecule has 1 aliphatic rings. The van der Waals surface area contributed by atoms with Crippen molar-refractivity contribution in [2.45, 2.75) is 39.3 Å². The Labute approximate surface area is 73.7 Å². The molecular formula is C9H17NO2. The van der Waals surface area contributed by atoms with Gasteiger partial charge in [-0.1, -0.05) is 0 Å². The first kappa shape index (κ1) is 9.52. The van der Waals surface area contributed by atoms with Crippen molar-refractivity contribution in [3.8, 4) is 0 Å². The summed E-state index contributed by atoms with van der Waals surface area (Å²) in [4.78, 5) is 13.4. The molecule has 1 fully saturated rings. The van der Waals surface area contributed by atoms with Gasteiger partial charge in [-0.2, -0.15) is 0 Å². The summed E-state index contributed by atoms with van der Waals surface area (Å²) in [5.41, 5.74) is 0. The number of ether oxygens (including phenoxy) is 1. The van der Waals surface area contributed by atoms with E-state index < -0.39 is 0 Å². The molecule has 0 spiro atoms. The first-order valence-corrected chi connectivity index (χ1v) is 4.59. The minimum absolute atomic E-state index is 0.0324. The molecule has 1 saturated heterocycles. The molecule has 0 aromatic rings. The highest BCUT2D eigenvalue weighted by Gasteiger charge is 2.36. The summed E-state index contributed by atoms with van der Waals surface area (Å²) >= 11 is 0. The SMILES string of the molecule is CCOC(=O)[C@@H]1CCN1C(C)C. The van der Waals surface area contributed by atoms with E-state index in [0.717, 1.165) is 13.0 Å². The van der Waals surface area contributed by atoms with Crippen LogP contribution in [0.3, 0.4) is 0 Å². The second-order valence-corrected chi connectivity index (χ2v) is 3.39. The number of nitrogens with zero attached hydrogens (tertiary/aromatic N) is 1. The van der Waals surface area contributed by atoms with E-state index in [2.05, 4.69) is 18.7 Å². The Bertz CT molecular complexity index is 168. The van der Waals surface area contributed by atoms with Gasteiger partial charge >= 0.3 is 5.97 Å². The molecule has 0 unspecified atom stereocenters. The molecule has 0 aliphatic carbocycles. The van der Waals surface area contributed by atoms with Gasteiger partial charge in [0.25, 0.3) is 0 Å². The molecule has 0 N–H and O–H groups in total. The van der Waals surface area contributed by atoms with Gasteiger partial charge < -0.3 is 4.74 Å². The van der Waals surface area contributed by atoms with Crippen LogP contribution in [0.5, 0.6) is 0 Å². The highest BCUT2D eigenvalue weighted by Crippen LogP contribution is 2.21. The first-order chi connectivity index (χ1) is 5.66. The summed E-state index contributed by atoms with van der Waals surface area (Å²) in [7, 11) is 0. The highest BCUT2D eigenvalue weighted by molar-refractivity contribution is 5.76. The Morgan fingerprint density at radius 2 is 2.33 bits per heavy atom. The van der Waals surface area contributed by atoms with Crippen molar-refractivity contribution in [1.29, 1.82) is 0 Å². The number of esters is 1. The Kier molecular flexibility index (Phi) is 3.09. The minimum Gasteiger partial charge on any atom is -0.465 e. The standard InChI is InChI=1S/C9H17NO2/c1-4-12-9(11)8-5-6-10(8)7(2)3/h7-8H,4-6H2,1-3H3/t8-/m0/s1. The first-order valence-electron chi connectivity index (χ1n) is 4.59. The summed E-state index contributed by atoms with van der Waals surface area (Å²) in [5, 5.41) is 0. The van der Waals surface area contributed by atoms with Crippen LogP contribution < -0.4 is 0 Å². The fourth-order valence-electron chi connectivity index (χ4n) is 1.52. The van der Waals surface area contributed by atoms with Gasteiger partial charge in [0.15, 0.2) is 0 Å². The summed E-state index contributed by atoms with van der Waals surface area (Å²) < 4.78 is 4.95. The summed E-state index contributed by atoms with van der Waals surface area (Å²) in [5.74, 6) is -0.0579. The molecule has 3 heteroatoms. The average molecular weight is 171 g/mol. The van der Waals surface area contributed by atoms with E-state index in [0.29, 0.717) is 12.6 Å². The molecule has 1 rings (SSSR count). The van der Waals surface area contributed by atoms with E-state index in [1.54, 1.807) is 0 Å². The number of rotatable bonds is 3. The van der Waals surface area contributed by atoms with Gasteiger partial charge in [-0.25, -0.2) is 0 Å². The van der Waals surface area contributed by atoms with Crippen molar-refractivity contribution in [2.75, 3.05) is 13.2 Å². The lowest BCUT2D eigenvalue weighted by atomic mass is 10.0. The molecule has 0 aromatic heterocycles. The van der Waals surface area contributed by atoms with Gasteiger partial charge in [-0.15, -0.1) is 0 Å². The topological polar surface area (TPSA) is 29.5 Å². The molecule has 0 bridgehead atoms. The largest absolute Gasteiger partial charge is 0.465 e. The van der Waals surface area contributed by atoms with Crippen molar-refractivity contribution < 1.29 is 9.53 Å². The van der Waals surface area contributed by atoms with Crippen molar-refractivity contribution in [3.05, 3.63) is 0 Å². The number of hydrogen-bond donors (Lipinski definition) is 0. The lowest BCUT2D eigenvalue weighted by molar-refractivity contribution is -0.155. The van der Waals surface area contributed by atoms with E-state index in [4.69, 9.17) is 4.74 Å². The van der Waals surface area contributed by atoms with Gasteiger partial charge in [0, 0.05) is 12.6 Å². The van der Waals surface area contributed by atoms with Crippen LogP contribution in [0.1, 0.15) is 27.2 Å². The second kappa shape index (κ2) is 3.90. The third-order valence-electron chi connectivity index (χ3n) is 2.28. The van der Waals surface area contributed by atoms with Crippen LogP contribution in [0.25, 0.3) is 0 Å². The van der Waals surface area contributed by atoms with Crippen LogP contribution in [0.15, 0.2) is 0 Å². The number of likely N-dealkylation sites (tertiary alicyclic amines) is 1. The summed E-state index contributed by atoms with van der Waals surface area (Å²) in [6.45, 7) is 7.56. The van der Waals surface area contributed by atoms with Crippen LogP contribution in [0.4, 0.5) is 0 Å². The zero-order valence-electron chi connectivity index (χ0n) is 8.04. The quantitative estimate of drug-likeness (QED) is 0.594. The summed E-state index contributed by atoms with van der Waals surface area (Å²) in [6, 6.07) is 0.484. The maximum absolute atomic E-state index is 11.3. The molecule has 1 heterocycles. The molecule has 0 amide bonds. The molecule has 0 saturated carbocycles. The van der Waals surface area contributed by atoms with E-state index >= 15 is 0 Å². The van der Waals surface area contributed by atoms with Gasteiger partial charge in [-0.3, -0.25) is 9.69 Å². The number of hydrogen-bond acceptors (Lipinski definition) is 3. The van der Waals surface area contributed by atoms with Crippen molar-refractivity contribution in [1.82, 2.24) is 4.90 Å². The summed E-state index contributed by atoms with van der Waals surface area (Å²) in [6.07, 6.45) is 0.955.